The topological polar surface area (TPSA) is 86.4 Å². The van der Waals surface area contributed by atoms with E-state index < -0.39 is 34.6 Å². The van der Waals surface area contributed by atoms with E-state index in [2.05, 4.69) is 5.10 Å². The summed E-state index contributed by atoms with van der Waals surface area (Å²) in [4.78, 5) is 40.9. The van der Waals surface area contributed by atoms with E-state index in [0.717, 1.165) is 28.3 Å². The minimum Gasteiger partial charge on any atom is -0.378 e. The molecule has 1 fully saturated rings. The zero-order chi connectivity index (χ0) is 24.5. The number of carbonyl (C=O) groups excluding carboxylic acids is 1. The second-order valence-electron chi connectivity index (χ2n) is 7.88. The third-order valence-corrected chi connectivity index (χ3v) is 5.40. The normalized spacial score (nSPS) is 14.3. The maximum absolute atomic E-state index is 13.3. The van der Waals surface area contributed by atoms with Crippen LogP contribution in [0.25, 0.3) is 5.69 Å². The number of hydrogen-bond acceptors (Lipinski definition) is 5. The van der Waals surface area contributed by atoms with Crippen LogP contribution in [0.1, 0.15) is 27.2 Å². The summed E-state index contributed by atoms with van der Waals surface area (Å²) in [5.41, 5.74) is -2.11. The molecule has 1 saturated heterocycles. The molecule has 178 valence electrons. The highest BCUT2D eigenvalue weighted by molar-refractivity contribution is 5.91. The van der Waals surface area contributed by atoms with E-state index in [1.54, 1.807) is 18.2 Å². The van der Waals surface area contributed by atoms with E-state index in [9.17, 15) is 27.6 Å². The predicted molar refractivity (Wildman–Crippen MR) is 116 cm³/mol. The van der Waals surface area contributed by atoms with Gasteiger partial charge in [0.2, 0.25) is 5.69 Å². The van der Waals surface area contributed by atoms with Gasteiger partial charge in [-0.1, -0.05) is 35.9 Å². The monoisotopic (exact) mass is 474 g/mol. The van der Waals surface area contributed by atoms with Gasteiger partial charge in [0, 0.05) is 13.1 Å². The van der Waals surface area contributed by atoms with Crippen LogP contribution in [0, 0.1) is 6.92 Å². The number of benzene rings is 2. The zero-order valence-electron chi connectivity index (χ0n) is 18.2. The van der Waals surface area contributed by atoms with Gasteiger partial charge in [-0.15, -0.1) is 0 Å². The molecule has 0 unspecified atom stereocenters. The Morgan fingerprint density at radius 2 is 1.76 bits per heavy atom. The van der Waals surface area contributed by atoms with Gasteiger partial charge in [0.1, 0.15) is 0 Å². The molecule has 2 heterocycles. The molecular formula is C23H21F3N4O4. The SMILES string of the molecule is Cc1cccc(Cn2c(=O)c(C(=O)N3CCOCC3)nn(-c3cccc(C(F)(F)F)c3)c2=O)c1. The largest absolute Gasteiger partial charge is 0.416 e. The number of carbonyl (C=O) groups is 1. The second-order valence-corrected chi connectivity index (χ2v) is 7.88. The van der Waals surface area contributed by atoms with Crippen molar-refractivity contribution in [2.45, 2.75) is 19.6 Å². The van der Waals surface area contributed by atoms with Crippen LogP contribution >= 0.6 is 0 Å². The Morgan fingerprint density at radius 1 is 1.06 bits per heavy atom. The smallest absolute Gasteiger partial charge is 0.378 e. The van der Waals surface area contributed by atoms with Gasteiger partial charge in [-0.25, -0.2) is 4.79 Å². The third kappa shape index (κ3) is 4.79. The summed E-state index contributed by atoms with van der Waals surface area (Å²) in [6.07, 6.45) is -4.65. The molecule has 8 nitrogen and oxygen atoms in total. The molecule has 3 aromatic rings. The van der Waals surface area contributed by atoms with Crippen LogP contribution in [-0.4, -0.2) is 51.5 Å². The van der Waals surface area contributed by atoms with Gasteiger partial charge in [0.25, 0.3) is 11.5 Å². The van der Waals surface area contributed by atoms with Crippen LogP contribution in [0.5, 0.6) is 0 Å². The lowest BCUT2D eigenvalue weighted by Crippen LogP contribution is -2.48. The molecule has 0 radical (unpaired) electrons. The highest BCUT2D eigenvalue weighted by Gasteiger charge is 2.31. The van der Waals surface area contributed by atoms with Crippen LogP contribution in [0.3, 0.4) is 0 Å². The lowest BCUT2D eigenvalue weighted by molar-refractivity contribution is -0.137. The zero-order valence-corrected chi connectivity index (χ0v) is 18.2. The first-order valence-electron chi connectivity index (χ1n) is 10.5. The van der Waals surface area contributed by atoms with E-state index in [4.69, 9.17) is 4.74 Å². The molecule has 0 aliphatic carbocycles. The molecule has 11 heteroatoms. The van der Waals surface area contributed by atoms with Crippen molar-refractivity contribution in [1.82, 2.24) is 19.2 Å². The first-order chi connectivity index (χ1) is 16.1. The number of rotatable bonds is 4. The number of ether oxygens (including phenoxy) is 1. The van der Waals surface area contributed by atoms with Gasteiger partial charge < -0.3 is 9.64 Å². The Bertz CT molecular complexity index is 1340. The summed E-state index contributed by atoms with van der Waals surface area (Å²) in [6.45, 7) is 2.66. The number of aromatic nitrogens is 3. The van der Waals surface area contributed by atoms with Gasteiger partial charge in [0.05, 0.1) is 31.0 Å². The highest BCUT2D eigenvalue weighted by atomic mass is 19.4. The van der Waals surface area contributed by atoms with Crippen molar-refractivity contribution in [3.63, 3.8) is 0 Å². The molecule has 1 aliphatic heterocycles. The fraction of sp³-hybridized carbons (Fsp3) is 0.304. The number of alkyl halides is 3. The van der Waals surface area contributed by atoms with E-state index in [1.807, 2.05) is 13.0 Å². The van der Waals surface area contributed by atoms with Crippen molar-refractivity contribution in [3.05, 3.63) is 91.8 Å². The van der Waals surface area contributed by atoms with E-state index in [-0.39, 0.29) is 38.5 Å². The number of nitrogens with zero attached hydrogens (tertiary/aromatic N) is 4. The molecule has 0 spiro atoms. The van der Waals surface area contributed by atoms with Crippen molar-refractivity contribution in [1.29, 1.82) is 0 Å². The third-order valence-electron chi connectivity index (χ3n) is 5.40. The lowest BCUT2D eigenvalue weighted by Gasteiger charge is -2.26. The van der Waals surface area contributed by atoms with Crippen molar-refractivity contribution >= 4 is 5.91 Å². The predicted octanol–water partition coefficient (Wildman–Crippen LogP) is 2.24. The number of amides is 1. The molecule has 0 atom stereocenters. The lowest BCUT2D eigenvalue weighted by atomic mass is 10.1. The number of aryl methyl sites for hydroxylation is 1. The summed E-state index contributed by atoms with van der Waals surface area (Å²) in [7, 11) is 0. The first-order valence-corrected chi connectivity index (χ1v) is 10.5. The van der Waals surface area contributed by atoms with E-state index in [1.165, 1.54) is 11.0 Å². The van der Waals surface area contributed by atoms with Crippen molar-refractivity contribution in [3.8, 4) is 5.69 Å². The Balaban J connectivity index is 1.89. The molecule has 2 aromatic carbocycles. The Hall–Kier alpha value is -3.73. The summed E-state index contributed by atoms with van der Waals surface area (Å²) < 4.78 is 46.5. The van der Waals surface area contributed by atoms with Crippen LogP contribution < -0.4 is 11.2 Å². The summed E-state index contributed by atoms with van der Waals surface area (Å²) in [5, 5.41) is 3.93. The quantitative estimate of drug-likeness (QED) is 0.579. The maximum Gasteiger partial charge on any atom is 0.416 e. The van der Waals surface area contributed by atoms with E-state index >= 15 is 0 Å². The fourth-order valence-corrected chi connectivity index (χ4v) is 3.68. The maximum atomic E-state index is 13.3. The first kappa shape index (κ1) is 23.4. The summed E-state index contributed by atoms with van der Waals surface area (Å²) in [5.74, 6) is -0.716. The number of hydrogen-bond donors (Lipinski definition) is 0. The molecule has 1 aliphatic rings. The van der Waals surface area contributed by atoms with Crippen LogP contribution in [-0.2, 0) is 17.5 Å². The minimum absolute atomic E-state index is 0.176. The van der Waals surface area contributed by atoms with Crippen LogP contribution in [0.15, 0.2) is 58.1 Å². The Kier molecular flexibility index (Phi) is 6.38. The van der Waals surface area contributed by atoms with Crippen LogP contribution in [0.2, 0.25) is 0 Å². The molecule has 1 aromatic heterocycles. The van der Waals surface area contributed by atoms with Gasteiger partial charge in [-0.05, 0) is 30.7 Å². The van der Waals surface area contributed by atoms with Gasteiger partial charge in [-0.3, -0.25) is 14.2 Å². The Labute approximate surface area is 191 Å². The van der Waals surface area contributed by atoms with Gasteiger partial charge in [-0.2, -0.15) is 23.0 Å². The number of morpholine rings is 1. The average Bonchev–Trinajstić information content (AvgIpc) is 2.82. The molecule has 34 heavy (non-hydrogen) atoms. The molecule has 0 bridgehead atoms. The summed E-state index contributed by atoms with van der Waals surface area (Å²) in [6, 6.07) is 11.1. The van der Waals surface area contributed by atoms with Crippen molar-refractivity contribution in [2.24, 2.45) is 0 Å². The fourth-order valence-electron chi connectivity index (χ4n) is 3.68. The molecule has 0 N–H and O–H groups in total. The van der Waals surface area contributed by atoms with Gasteiger partial charge >= 0.3 is 11.9 Å². The molecule has 0 saturated carbocycles. The standard InChI is InChI=1S/C23H21F3N4O4/c1-15-4-2-5-16(12-15)14-29-21(32)19(20(31)28-8-10-34-11-9-28)27-30(22(29)33)18-7-3-6-17(13-18)23(24,25)26/h2-7,12-13H,8-11,14H2,1H3. The minimum atomic E-state index is -4.65. The van der Waals surface area contributed by atoms with Crippen molar-refractivity contribution < 1.29 is 22.7 Å². The Morgan fingerprint density at radius 3 is 2.44 bits per heavy atom. The summed E-state index contributed by atoms with van der Waals surface area (Å²) >= 11 is 0. The van der Waals surface area contributed by atoms with Crippen molar-refractivity contribution in [2.75, 3.05) is 26.3 Å². The molecule has 1 amide bonds. The number of halogens is 3. The second kappa shape index (κ2) is 9.26. The average molecular weight is 474 g/mol. The highest BCUT2D eigenvalue weighted by Crippen LogP contribution is 2.30. The molecular weight excluding hydrogens is 453 g/mol. The van der Waals surface area contributed by atoms with Gasteiger partial charge in [0.15, 0.2) is 0 Å². The van der Waals surface area contributed by atoms with Crippen LogP contribution in [0.4, 0.5) is 13.2 Å². The van der Waals surface area contributed by atoms with E-state index in [0.29, 0.717) is 10.2 Å². The molecule has 4 rings (SSSR count).